The van der Waals surface area contributed by atoms with Crippen molar-refractivity contribution in [1.29, 1.82) is 0 Å². The smallest absolute Gasteiger partial charge is 0.246 e. The second-order valence-electron chi connectivity index (χ2n) is 5.66. The molecule has 0 aliphatic carbocycles. The number of carbonyl (C=O) groups is 3. The van der Waals surface area contributed by atoms with Crippen molar-refractivity contribution in [2.24, 2.45) is 11.5 Å². The van der Waals surface area contributed by atoms with Crippen LogP contribution in [0.4, 0.5) is 0 Å². The third-order valence-corrected chi connectivity index (χ3v) is 3.82. The molecule has 1 aromatic carbocycles. The summed E-state index contributed by atoms with van der Waals surface area (Å²) >= 11 is 0. The zero-order valence-corrected chi connectivity index (χ0v) is 13.2. The molecule has 0 bridgehead atoms. The van der Waals surface area contributed by atoms with E-state index in [-0.39, 0.29) is 50.0 Å². The molecular formula is C16H22N4O4. The van der Waals surface area contributed by atoms with Gasteiger partial charge in [-0.1, -0.05) is 30.3 Å². The van der Waals surface area contributed by atoms with E-state index in [0.717, 1.165) is 5.56 Å². The summed E-state index contributed by atoms with van der Waals surface area (Å²) < 4.78 is 5.55. The van der Waals surface area contributed by atoms with Crippen LogP contribution < -0.4 is 22.1 Å². The number of nitrogens with two attached hydrogens (primary N) is 2. The van der Waals surface area contributed by atoms with Gasteiger partial charge in [0.2, 0.25) is 17.7 Å². The van der Waals surface area contributed by atoms with Crippen LogP contribution in [0.2, 0.25) is 0 Å². The first-order chi connectivity index (χ1) is 11.5. The number of morpholine rings is 1. The first-order valence-electron chi connectivity index (χ1n) is 7.75. The Morgan fingerprint density at radius 2 is 2.04 bits per heavy atom. The van der Waals surface area contributed by atoms with Crippen molar-refractivity contribution in [3.05, 3.63) is 35.9 Å². The number of ether oxygens (including phenoxy) is 1. The molecule has 0 spiro atoms. The maximum atomic E-state index is 11.9. The van der Waals surface area contributed by atoms with Crippen LogP contribution in [0.15, 0.2) is 30.3 Å². The number of hydrogen-bond donors (Lipinski definition) is 4. The molecule has 0 radical (unpaired) electrons. The summed E-state index contributed by atoms with van der Waals surface area (Å²) in [4.78, 5) is 34.3. The Balaban J connectivity index is 1.88. The second kappa shape index (κ2) is 8.42. The van der Waals surface area contributed by atoms with E-state index in [2.05, 4.69) is 10.6 Å². The van der Waals surface area contributed by atoms with E-state index in [1.54, 1.807) is 0 Å². The van der Waals surface area contributed by atoms with Gasteiger partial charge in [0.05, 0.1) is 18.2 Å². The molecule has 8 nitrogen and oxygen atoms in total. The Morgan fingerprint density at radius 1 is 1.33 bits per heavy atom. The average molecular weight is 334 g/mol. The van der Waals surface area contributed by atoms with Gasteiger partial charge in [-0.2, -0.15) is 0 Å². The summed E-state index contributed by atoms with van der Waals surface area (Å²) in [5.41, 5.74) is 11.4. The summed E-state index contributed by atoms with van der Waals surface area (Å²) in [5, 5.41) is 5.61. The van der Waals surface area contributed by atoms with E-state index in [4.69, 9.17) is 16.2 Å². The van der Waals surface area contributed by atoms with Crippen LogP contribution in [0.25, 0.3) is 0 Å². The van der Waals surface area contributed by atoms with Crippen molar-refractivity contribution in [3.8, 4) is 0 Å². The van der Waals surface area contributed by atoms with Crippen molar-refractivity contribution < 1.29 is 19.1 Å². The van der Waals surface area contributed by atoms with Crippen LogP contribution in [-0.4, -0.2) is 43.0 Å². The molecule has 24 heavy (non-hydrogen) atoms. The monoisotopic (exact) mass is 334 g/mol. The summed E-state index contributed by atoms with van der Waals surface area (Å²) in [5.74, 6) is -1.08. The van der Waals surface area contributed by atoms with Crippen LogP contribution in [0.5, 0.6) is 0 Å². The highest BCUT2D eigenvalue weighted by molar-refractivity contribution is 5.81. The lowest BCUT2D eigenvalue weighted by atomic mass is 9.99. The molecule has 6 N–H and O–H groups in total. The fraction of sp³-hybridized carbons (Fsp3) is 0.438. The minimum atomic E-state index is -0.835. The predicted molar refractivity (Wildman–Crippen MR) is 86.5 cm³/mol. The molecule has 1 saturated heterocycles. The molecule has 0 aromatic heterocycles. The van der Waals surface area contributed by atoms with Gasteiger partial charge in [0.1, 0.15) is 6.61 Å². The minimum absolute atomic E-state index is 0.0452. The molecule has 130 valence electrons. The lowest BCUT2D eigenvalue weighted by Gasteiger charge is -2.32. The van der Waals surface area contributed by atoms with Crippen molar-refractivity contribution in [2.45, 2.75) is 31.0 Å². The van der Waals surface area contributed by atoms with E-state index in [0.29, 0.717) is 0 Å². The van der Waals surface area contributed by atoms with Gasteiger partial charge in [-0.05, 0) is 12.0 Å². The fourth-order valence-corrected chi connectivity index (χ4v) is 2.45. The number of rotatable bonds is 7. The number of carbonyl (C=O) groups excluding carboxylic acids is 3. The van der Waals surface area contributed by atoms with Gasteiger partial charge in [0, 0.05) is 13.0 Å². The number of primary amides is 1. The molecule has 1 aliphatic rings. The number of amides is 3. The second-order valence-corrected chi connectivity index (χ2v) is 5.66. The Kier molecular flexibility index (Phi) is 6.28. The van der Waals surface area contributed by atoms with Crippen molar-refractivity contribution in [1.82, 2.24) is 10.6 Å². The van der Waals surface area contributed by atoms with Gasteiger partial charge < -0.3 is 26.8 Å². The highest BCUT2D eigenvalue weighted by atomic mass is 16.5. The largest absolute Gasteiger partial charge is 0.368 e. The van der Waals surface area contributed by atoms with E-state index < -0.39 is 11.9 Å². The van der Waals surface area contributed by atoms with Crippen molar-refractivity contribution in [3.63, 3.8) is 0 Å². The lowest BCUT2D eigenvalue weighted by molar-refractivity contribution is -0.137. The van der Waals surface area contributed by atoms with Gasteiger partial charge in [-0.3, -0.25) is 14.4 Å². The molecule has 1 heterocycles. The standard InChI is InChI=1S/C16H22N4O4/c17-11(16(18)23)6-7-13(21)19-8-12-15(20-14(22)9-24-12)10-4-2-1-3-5-10/h1-5,11-12,15H,6-9,17H2,(H2,18,23)(H,19,21)(H,20,22)/t11-,12-,15+/m0/s1. The highest BCUT2D eigenvalue weighted by Crippen LogP contribution is 2.21. The van der Waals surface area contributed by atoms with E-state index in [1.807, 2.05) is 30.3 Å². The van der Waals surface area contributed by atoms with Crippen LogP contribution in [-0.2, 0) is 19.1 Å². The van der Waals surface area contributed by atoms with Gasteiger partial charge in [-0.25, -0.2) is 0 Å². The van der Waals surface area contributed by atoms with Crippen LogP contribution in [0.3, 0.4) is 0 Å². The van der Waals surface area contributed by atoms with Gasteiger partial charge >= 0.3 is 0 Å². The predicted octanol–water partition coefficient (Wildman–Crippen LogP) is -1.05. The van der Waals surface area contributed by atoms with Crippen molar-refractivity contribution >= 4 is 17.7 Å². The van der Waals surface area contributed by atoms with E-state index in [9.17, 15) is 14.4 Å². The molecule has 0 saturated carbocycles. The zero-order valence-electron chi connectivity index (χ0n) is 13.2. The summed E-state index contributed by atoms with van der Waals surface area (Å²) in [6, 6.07) is 8.24. The zero-order chi connectivity index (χ0) is 17.5. The fourth-order valence-electron chi connectivity index (χ4n) is 2.45. The minimum Gasteiger partial charge on any atom is -0.368 e. The maximum absolute atomic E-state index is 11.9. The Hall–Kier alpha value is -2.45. The molecular weight excluding hydrogens is 312 g/mol. The van der Waals surface area contributed by atoms with Crippen LogP contribution in [0.1, 0.15) is 24.4 Å². The Labute approximate surface area is 139 Å². The quantitative estimate of drug-likeness (QED) is 0.504. The van der Waals surface area contributed by atoms with E-state index >= 15 is 0 Å². The molecule has 3 atom stereocenters. The topological polar surface area (TPSA) is 137 Å². The Bertz CT molecular complexity index is 593. The molecule has 1 fully saturated rings. The number of benzene rings is 1. The van der Waals surface area contributed by atoms with Crippen LogP contribution >= 0.6 is 0 Å². The number of nitrogens with one attached hydrogen (secondary N) is 2. The van der Waals surface area contributed by atoms with Gasteiger partial charge in [0.25, 0.3) is 0 Å². The van der Waals surface area contributed by atoms with Gasteiger partial charge in [0.15, 0.2) is 0 Å². The third-order valence-electron chi connectivity index (χ3n) is 3.82. The first kappa shape index (κ1) is 17.9. The van der Waals surface area contributed by atoms with Crippen molar-refractivity contribution in [2.75, 3.05) is 13.2 Å². The molecule has 0 unspecified atom stereocenters. The molecule has 3 amide bonds. The summed E-state index contributed by atoms with van der Waals surface area (Å²) in [6.45, 7) is 0.195. The van der Waals surface area contributed by atoms with Gasteiger partial charge in [-0.15, -0.1) is 0 Å². The SMILES string of the molecule is NC(=O)[C@@H](N)CCC(=O)NC[C@@H]1OCC(=O)N[C@@H]1c1ccccc1. The Morgan fingerprint density at radius 3 is 2.71 bits per heavy atom. The highest BCUT2D eigenvalue weighted by Gasteiger charge is 2.30. The summed E-state index contributed by atoms with van der Waals surface area (Å²) in [7, 11) is 0. The normalized spacial score (nSPS) is 21.6. The molecule has 2 rings (SSSR count). The molecule has 1 aliphatic heterocycles. The lowest BCUT2D eigenvalue weighted by Crippen LogP contribution is -2.50. The molecule has 8 heteroatoms. The van der Waals surface area contributed by atoms with E-state index in [1.165, 1.54) is 0 Å². The first-order valence-corrected chi connectivity index (χ1v) is 7.75. The van der Waals surface area contributed by atoms with Crippen LogP contribution in [0, 0.1) is 0 Å². The third kappa shape index (κ3) is 5.04. The molecule has 1 aromatic rings. The number of hydrogen-bond acceptors (Lipinski definition) is 5. The average Bonchev–Trinajstić information content (AvgIpc) is 2.59. The summed E-state index contributed by atoms with van der Waals surface area (Å²) in [6.07, 6.45) is -0.0936. The maximum Gasteiger partial charge on any atom is 0.246 e.